The van der Waals surface area contributed by atoms with Crippen molar-refractivity contribution in [2.45, 2.75) is 39.5 Å². The first-order chi connectivity index (χ1) is 12.8. The SMILES string of the molecule is CCc1nc(-c2ccc(Oc3ccc(C(C)(C)C)cc3)cc2)sc1C(=O)O. The Morgan fingerprint density at radius 3 is 2.04 bits per heavy atom. The van der Waals surface area contributed by atoms with Crippen molar-refractivity contribution >= 4 is 17.3 Å². The summed E-state index contributed by atoms with van der Waals surface area (Å²) in [7, 11) is 0. The van der Waals surface area contributed by atoms with E-state index in [9.17, 15) is 9.90 Å². The number of hydrogen-bond acceptors (Lipinski definition) is 4. The van der Waals surface area contributed by atoms with Gasteiger partial charge in [0.05, 0.1) is 5.69 Å². The topological polar surface area (TPSA) is 59.4 Å². The van der Waals surface area contributed by atoms with Gasteiger partial charge in [-0.15, -0.1) is 11.3 Å². The molecule has 140 valence electrons. The Morgan fingerprint density at radius 1 is 1.04 bits per heavy atom. The van der Waals surface area contributed by atoms with Gasteiger partial charge in [0, 0.05) is 5.56 Å². The summed E-state index contributed by atoms with van der Waals surface area (Å²) in [6, 6.07) is 15.7. The number of ether oxygens (including phenoxy) is 1. The number of aromatic carboxylic acids is 1. The molecule has 0 aliphatic heterocycles. The van der Waals surface area contributed by atoms with Crippen molar-refractivity contribution in [3.63, 3.8) is 0 Å². The van der Waals surface area contributed by atoms with Crippen LogP contribution in [0.2, 0.25) is 0 Å². The summed E-state index contributed by atoms with van der Waals surface area (Å²) in [6.07, 6.45) is 0.601. The molecule has 2 aromatic carbocycles. The van der Waals surface area contributed by atoms with E-state index in [0.29, 0.717) is 22.0 Å². The fraction of sp³-hybridized carbons (Fsp3) is 0.273. The normalized spacial score (nSPS) is 11.4. The second kappa shape index (κ2) is 7.53. The molecule has 4 nitrogen and oxygen atoms in total. The lowest BCUT2D eigenvalue weighted by Gasteiger charge is -2.19. The number of thiazole rings is 1. The highest BCUT2D eigenvalue weighted by Gasteiger charge is 2.17. The van der Waals surface area contributed by atoms with Crippen LogP contribution in [0.25, 0.3) is 10.6 Å². The summed E-state index contributed by atoms with van der Waals surface area (Å²) in [4.78, 5) is 16.1. The van der Waals surface area contributed by atoms with Gasteiger partial charge in [-0.2, -0.15) is 0 Å². The van der Waals surface area contributed by atoms with Crippen molar-refractivity contribution in [3.05, 3.63) is 64.7 Å². The highest BCUT2D eigenvalue weighted by atomic mass is 32.1. The Balaban J connectivity index is 1.77. The molecule has 0 radical (unpaired) electrons. The van der Waals surface area contributed by atoms with E-state index in [1.54, 1.807) is 0 Å². The summed E-state index contributed by atoms with van der Waals surface area (Å²) in [5, 5.41) is 10.00. The van der Waals surface area contributed by atoms with Gasteiger partial charge in [-0.1, -0.05) is 39.8 Å². The molecule has 0 aliphatic rings. The highest BCUT2D eigenvalue weighted by molar-refractivity contribution is 7.17. The zero-order valence-electron chi connectivity index (χ0n) is 15.9. The van der Waals surface area contributed by atoms with Crippen LogP contribution in [0.4, 0.5) is 0 Å². The predicted octanol–water partition coefficient (Wildman–Crippen LogP) is 6.16. The quantitative estimate of drug-likeness (QED) is 0.575. The molecule has 0 aliphatic carbocycles. The molecule has 1 heterocycles. The number of carboxylic acids is 1. The molecule has 0 fully saturated rings. The van der Waals surface area contributed by atoms with Crippen LogP contribution in [-0.4, -0.2) is 16.1 Å². The van der Waals surface area contributed by atoms with Gasteiger partial charge < -0.3 is 9.84 Å². The Hall–Kier alpha value is -2.66. The second-order valence-electron chi connectivity index (χ2n) is 7.35. The monoisotopic (exact) mass is 381 g/mol. The first-order valence-corrected chi connectivity index (χ1v) is 9.71. The third kappa shape index (κ3) is 4.37. The van der Waals surface area contributed by atoms with E-state index in [2.05, 4.69) is 37.9 Å². The van der Waals surface area contributed by atoms with E-state index in [0.717, 1.165) is 17.1 Å². The number of rotatable bonds is 5. The van der Waals surface area contributed by atoms with Gasteiger partial charge in [0.25, 0.3) is 0 Å². The van der Waals surface area contributed by atoms with Crippen LogP contribution in [0, 0.1) is 0 Å². The van der Waals surface area contributed by atoms with Gasteiger partial charge in [0.2, 0.25) is 0 Å². The van der Waals surface area contributed by atoms with Crippen LogP contribution in [0.1, 0.15) is 48.6 Å². The fourth-order valence-corrected chi connectivity index (χ4v) is 3.70. The van der Waals surface area contributed by atoms with Crippen LogP contribution >= 0.6 is 11.3 Å². The lowest BCUT2D eigenvalue weighted by Crippen LogP contribution is -2.10. The number of hydrogen-bond donors (Lipinski definition) is 1. The maximum Gasteiger partial charge on any atom is 0.347 e. The van der Waals surface area contributed by atoms with Crippen molar-refractivity contribution in [2.75, 3.05) is 0 Å². The minimum Gasteiger partial charge on any atom is -0.477 e. The van der Waals surface area contributed by atoms with Gasteiger partial charge in [0.15, 0.2) is 0 Å². The number of nitrogens with zero attached hydrogens (tertiary/aromatic N) is 1. The minimum atomic E-state index is -0.922. The Bertz CT molecular complexity index is 935. The highest BCUT2D eigenvalue weighted by Crippen LogP contribution is 2.31. The van der Waals surface area contributed by atoms with Crippen LogP contribution in [0.15, 0.2) is 48.5 Å². The number of carbonyl (C=O) groups is 1. The van der Waals surface area contributed by atoms with Gasteiger partial charge >= 0.3 is 5.97 Å². The number of benzene rings is 2. The molecule has 5 heteroatoms. The van der Waals surface area contributed by atoms with Crippen LogP contribution in [0.3, 0.4) is 0 Å². The largest absolute Gasteiger partial charge is 0.477 e. The van der Waals surface area contributed by atoms with Crippen molar-refractivity contribution in [2.24, 2.45) is 0 Å². The van der Waals surface area contributed by atoms with E-state index in [-0.39, 0.29) is 5.41 Å². The molecular formula is C22H23NO3S. The standard InChI is InChI=1S/C22H23NO3S/c1-5-18-19(21(24)25)27-20(23-18)14-6-10-16(11-7-14)26-17-12-8-15(9-13-17)22(2,3)4/h6-13H,5H2,1-4H3,(H,24,25). The lowest BCUT2D eigenvalue weighted by atomic mass is 9.87. The van der Waals surface area contributed by atoms with Crippen LogP contribution in [-0.2, 0) is 11.8 Å². The van der Waals surface area contributed by atoms with E-state index < -0.39 is 5.97 Å². The second-order valence-corrected chi connectivity index (χ2v) is 8.35. The summed E-state index contributed by atoms with van der Waals surface area (Å²) in [5.41, 5.74) is 2.88. The third-order valence-corrected chi connectivity index (χ3v) is 5.42. The zero-order valence-corrected chi connectivity index (χ0v) is 16.8. The van der Waals surface area contributed by atoms with E-state index >= 15 is 0 Å². The maximum atomic E-state index is 11.3. The Kier molecular flexibility index (Phi) is 5.33. The summed E-state index contributed by atoms with van der Waals surface area (Å²) < 4.78 is 5.91. The molecule has 0 spiro atoms. The van der Waals surface area contributed by atoms with Crippen LogP contribution < -0.4 is 4.74 Å². The number of aryl methyl sites for hydroxylation is 1. The molecule has 3 aromatic rings. The molecular weight excluding hydrogens is 358 g/mol. The lowest BCUT2D eigenvalue weighted by molar-refractivity contribution is 0.0701. The molecule has 0 atom stereocenters. The molecule has 0 amide bonds. The Labute approximate surface area is 163 Å². The molecule has 0 unspecified atom stereocenters. The van der Waals surface area contributed by atoms with Crippen molar-refractivity contribution in [1.29, 1.82) is 0 Å². The predicted molar refractivity (Wildman–Crippen MR) is 109 cm³/mol. The fourth-order valence-electron chi connectivity index (χ4n) is 2.71. The third-order valence-electron chi connectivity index (χ3n) is 4.28. The summed E-state index contributed by atoms with van der Waals surface area (Å²) in [5.74, 6) is 0.591. The minimum absolute atomic E-state index is 0.111. The first-order valence-electron chi connectivity index (χ1n) is 8.89. The molecule has 1 aromatic heterocycles. The van der Waals surface area contributed by atoms with Gasteiger partial charge in [-0.3, -0.25) is 0 Å². The molecule has 0 saturated heterocycles. The molecule has 0 saturated carbocycles. The number of aromatic nitrogens is 1. The van der Waals surface area contributed by atoms with Crippen molar-refractivity contribution in [3.8, 4) is 22.1 Å². The number of carboxylic acid groups (broad SMARTS) is 1. The van der Waals surface area contributed by atoms with E-state index in [1.807, 2.05) is 43.3 Å². The maximum absolute atomic E-state index is 11.3. The first kappa shape index (κ1) is 19.1. The smallest absolute Gasteiger partial charge is 0.347 e. The van der Waals surface area contributed by atoms with Gasteiger partial charge in [0.1, 0.15) is 21.4 Å². The summed E-state index contributed by atoms with van der Waals surface area (Å²) >= 11 is 1.21. The Morgan fingerprint density at radius 2 is 1.59 bits per heavy atom. The molecule has 1 N–H and O–H groups in total. The van der Waals surface area contributed by atoms with E-state index in [1.165, 1.54) is 16.9 Å². The van der Waals surface area contributed by atoms with E-state index in [4.69, 9.17) is 4.74 Å². The molecule has 3 rings (SSSR count). The van der Waals surface area contributed by atoms with Crippen molar-refractivity contribution < 1.29 is 14.6 Å². The van der Waals surface area contributed by atoms with Gasteiger partial charge in [-0.05, 0) is 53.8 Å². The average molecular weight is 381 g/mol. The molecule has 0 bridgehead atoms. The van der Waals surface area contributed by atoms with Crippen molar-refractivity contribution in [1.82, 2.24) is 4.98 Å². The van der Waals surface area contributed by atoms with Crippen LogP contribution in [0.5, 0.6) is 11.5 Å². The zero-order chi connectivity index (χ0) is 19.6. The van der Waals surface area contributed by atoms with Gasteiger partial charge in [-0.25, -0.2) is 9.78 Å². The average Bonchev–Trinajstić information content (AvgIpc) is 3.07. The summed E-state index contributed by atoms with van der Waals surface area (Å²) in [6.45, 7) is 8.45. The molecule has 27 heavy (non-hydrogen) atoms.